The van der Waals surface area contributed by atoms with Crippen molar-refractivity contribution >= 4 is 0 Å². The predicted octanol–water partition coefficient (Wildman–Crippen LogP) is 2.30. The SMILES string of the molecule is CCc1cnc(CN2CC3CCCCN3CC2C)o1. The first-order valence-electron chi connectivity index (χ1n) is 7.68. The van der Waals surface area contributed by atoms with Crippen LogP contribution in [0.2, 0.25) is 0 Å². The lowest BCUT2D eigenvalue weighted by Crippen LogP contribution is -2.58. The Hall–Kier alpha value is -0.870. The van der Waals surface area contributed by atoms with Crippen molar-refractivity contribution in [1.82, 2.24) is 14.8 Å². The fraction of sp³-hybridized carbons (Fsp3) is 0.800. The Balaban J connectivity index is 1.63. The number of rotatable bonds is 3. The minimum absolute atomic E-state index is 0.603. The maximum Gasteiger partial charge on any atom is 0.208 e. The molecule has 2 atom stereocenters. The number of oxazole rings is 1. The number of nitrogens with zero attached hydrogens (tertiary/aromatic N) is 3. The molecule has 0 saturated carbocycles. The summed E-state index contributed by atoms with van der Waals surface area (Å²) in [6.45, 7) is 8.96. The zero-order valence-electron chi connectivity index (χ0n) is 12.1. The number of fused-ring (bicyclic) bond motifs is 1. The van der Waals surface area contributed by atoms with Gasteiger partial charge in [0.15, 0.2) is 0 Å². The van der Waals surface area contributed by atoms with Crippen LogP contribution in [0.5, 0.6) is 0 Å². The molecular formula is C15H25N3O. The summed E-state index contributed by atoms with van der Waals surface area (Å²) in [6.07, 6.45) is 6.93. The zero-order chi connectivity index (χ0) is 13.2. The van der Waals surface area contributed by atoms with Gasteiger partial charge in [-0.3, -0.25) is 9.80 Å². The molecule has 2 unspecified atom stereocenters. The second-order valence-electron chi connectivity index (χ2n) is 6.00. The van der Waals surface area contributed by atoms with Crippen molar-refractivity contribution in [3.8, 4) is 0 Å². The van der Waals surface area contributed by atoms with Crippen LogP contribution in [-0.4, -0.2) is 46.5 Å². The lowest BCUT2D eigenvalue weighted by atomic mass is 9.97. The Kier molecular flexibility index (Phi) is 3.89. The summed E-state index contributed by atoms with van der Waals surface area (Å²) in [6, 6.07) is 1.36. The highest BCUT2D eigenvalue weighted by molar-refractivity contribution is 4.96. The van der Waals surface area contributed by atoms with E-state index in [-0.39, 0.29) is 0 Å². The van der Waals surface area contributed by atoms with Crippen molar-refractivity contribution < 1.29 is 4.42 Å². The van der Waals surface area contributed by atoms with E-state index < -0.39 is 0 Å². The molecule has 1 aromatic rings. The average Bonchev–Trinajstić information content (AvgIpc) is 2.87. The molecule has 2 saturated heterocycles. The predicted molar refractivity (Wildman–Crippen MR) is 75.0 cm³/mol. The van der Waals surface area contributed by atoms with Gasteiger partial charge in [0.25, 0.3) is 0 Å². The van der Waals surface area contributed by atoms with Gasteiger partial charge in [-0.25, -0.2) is 4.98 Å². The van der Waals surface area contributed by atoms with Gasteiger partial charge in [-0.15, -0.1) is 0 Å². The molecule has 4 nitrogen and oxygen atoms in total. The zero-order valence-corrected chi connectivity index (χ0v) is 12.1. The van der Waals surface area contributed by atoms with Crippen LogP contribution in [0.1, 0.15) is 44.8 Å². The van der Waals surface area contributed by atoms with Gasteiger partial charge < -0.3 is 4.42 Å². The fourth-order valence-electron chi connectivity index (χ4n) is 3.39. The third-order valence-corrected chi connectivity index (χ3v) is 4.60. The molecule has 0 spiro atoms. The van der Waals surface area contributed by atoms with Crippen LogP contribution in [-0.2, 0) is 13.0 Å². The van der Waals surface area contributed by atoms with Crippen LogP contribution < -0.4 is 0 Å². The Morgan fingerprint density at radius 2 is 2.26 bits per heavy atom. The van der Waals surface area contributed by atoms with E-state index >= 15 is 0 Å². The Bertz CT molecular complexity index is 417. The Labute approximate surface area is 115 Å². The van der Waals surface area contributed by atoms with Gasteiger partial charge in [-0.2, -0.15) is 0 Å². The summed E-state index contributed by atoms with van der Waals surface area (Å²) in [5.74, 6) is 1.88. The highest BCUT2D eigenvalue weighted by atomic mass is 16.4. The van der Waals surface area contributed by atoms with E-state index in [0.717, 1.165) is 30.7 Å². The first-order valence-corrected chi connectivity index (χ1v) is 7.68. The molecule has 2 aliphatic heterocycles. The number of piperazine rings is 1. The number of piperidine rings is 1. The number of aromatic nitrogens is 1. The summed E-state index contributed by atoms with van der Waals surface area (Å²) < 4.78 is 5.75. The van der Waals surface area contributed by atoms with Crippen LogP contribution in [0.3, 0.4) is 0 Å². The monoisotopic (exact) mass is 263 g/mol. The molecule has 0 aliphatic carbocycles. The molecule has 0 amide bonds. The topological polar surface area (TPSA) is 32.5 Å². The molecular weight excluding hydrogens is 238 g/mol. The summed E-state index contributed by atoms with van der Waals surface area (Å²) in [4.78, 5) is 9.62. The first-order chi connectivity index (χ1) is 9.26. The van der Waals surface area contributed by atoms with E-state index in [1.54, 1.807) is 0 Å². The molecule has 0 N–H and O–H groups in total. The van der Waals surface area contributed by atoms with Gasteiger partial charge in [0, 0.05) is 31.6 Å². The molecule has 19 heavy (non-hydrogen) atoms. The van der Waals surface area contributed by atoms with Crippen LogP contribution in [0.4, 0.5) is 0 Å². The largest absolute Gasteiger partial charge is 0.444 e. The molecule has 0 bridgehead atoms. The Morgan fingerprint density at radius 1 is 1.37 bits per heavy atom. The lowest BCUT2D eigenvalue weighted by Gasteiger charge is -2.47. The minimum atomic E-state index is 0.603. The third-order valence-electron chi connectivity index (χ3n) is 4.60. The van der Waals surface area contributed by atoms with Crippen molar-refractivity contribution in [1.29, 1.82) is 0 Å². The van der Waals surface area contributed by atoms with E-state index in [2.05, 4.69) is 28.6 Å². The molecule has 0 radical (unpaired) electrons. The second kappa shape index (κ2) is 5.63. The van der Waals surface area contributed by atoms with E-state index in [1.165, 1.54) is 38.9 Å². The smallest absolute Gasteiger partial charge is 0.208 e. The number of hydrogen-bond donors (Lipinski definition) is 0. The summed E-state index contributed by atoms with van der Waals surface area (Å²) in [7, 11) is 0. The molecule has 2 aliphatic rings. The average molecular weight is 263 g/mol. The minimum Gasteiger partial charge on any atom is -0.444 e. The lowest BCUT2D eigenvalue weighted by molar-refractivity contribution is 0.00711. The summed E-state index contributed by atoms with van der Waals surface area (Å²) in [5, 5.41) is 0. The van der Waals surface area contributed by atoms with E-state index in [9.17, 15) is 0 Å². The number of hydrogen-bond acceptors (Lipinski definition) is 4. The van der Waals surface area contributed by atoms with Crippen LogP contribution in [0.15, 0.2) is 10.6 Å². The van der Waals surface area contributed by atoms with Crippen molar-refractivity contribution in [2.24, 2.45) is 0 Å². The van der Waals surface area contributed by atoms with Gasteiger partial charge in [0.1, 0.15) is 5.76 Å². The quantitative estimate of drug-likeness (QED) is 0.837. The second-order valence-corrected chi connectivity index (χ2v) is 6.00. The molecule has 1 aromatic heterocycles. The normalized spacial score (nSPS) is 29.4. The molecule has 106 valence electrons. The highest BCUT2D eigenvalue weighted by Crippen LogP contribution is 2.25. The van der Waals surface area contributed by atoms with Crippen LogP contribution >= 0.6 is 0 Å². The first kappa shape index (κ1) is 13.1. The van der Waals surface area contributed by atoms with Gasteiger partial charge in [-0.05, 0) is 26.3 Å². The maximum absolute atomic E-state index is 5.75. The van der Waals surface area contributed by atoms with E-state index in [4.69, 9.17) is 4.42 Å². The summed E-state index contributed by atoms with van der Waals surface area (Å²) >= 11 is 0. The van der Waals surface area contributed by atoms with Crippen molar-refractivity contribution in [3.63, 3.8) is 0 Å². The molecule has 2 fully saturated rings. The number of aryl methyl sites for hydroxylation is 1. The standard InChI is InChI=1S/C15H25N3O/c1-3-14-8-16-15(19-14)11-18-10-13-6-4-5-7-17(13)9-12(18)2/h8,12-13H,3-7,9-11H2,1-2H3. The van der Waals surface area contributed by atoms with E-state index in [0.29, 0.717) is 6.04 Å². The molecule has 0 aromatic carbocycles. The van der Waals surface area contributed by atoms with Gasteiger partial charge in [0.05, 0.1) is 12.7 Å². The van der Waals surface area contributed by atoms with Crippen molar-refractivity contribution in [2.45, 2.75) is 58.2 Å². The third kappa shape index (κ3) is 2.84. The molecule has 3 rings (SSSR count). The molecule has 3 heterocycles. The van der Waals surface area contributed by atoms with Gasteiger partial charge in [-0.1, -0.05) is 13.3 Å². The fourth-order valence-corrected chi connectivity index (χ4v) is 3.39. The summed E-state index contributed by atoms with van der Waals surface area (Å²) in [5.41, 5.74) is 0. The maximum atomic E-state index is 5.75. The van der Waals surface area contributed by atoms with Crippen molar-refractivity contribution in [3.05, 3.63) is 17.8 Å². The van der Waals surface area contributed by atoms with Crippen LogP contribution in [0.25, 0.3) is 0 Å². The van der Waals surface area contributed by atoms with Crippen LogP contribution in [0, 0.1) is 0 Å². The van der Waals surface area contributed by atoms with E-state index in [1.807, 2.05) is 6.20 Å². The van der Waals surface area contributed by atoms with Gasteiger partial charge >= 0.3 is 0 Å². The Morgan fingerprint density at radius 3 is 3.05 bits per heavy atom. The van der Waals surface area contributed by atoms with Crippen molar-refractivity contribution in [2.75, 3.05) is 19.6 Å². The van der Waals surface area contributed by atoms with Gasteiger partial charge in [0.2, 0.25) is 5.89 Å². The highest BCUT2D eigenvalue weighted by Gasteiger charge is 2.33. The molecule has 4 heteroatoms.